The van der Waals surface area contributed by atoms with Crippen molar-refractivity contribution < 1.29 is 27.4 Å². The van der Waals surface area contributed by atoms with Gasteiger partial charge in [-0.15, -0.1) is 0 Å². The zero-order valence-electron chi connectivity index (χ0n) is 22.4. The third kappa shape index (κ3) is 6.08. The lowest BCUT2D eigenvalue weighted by atomic mass is 9.91. The highest BCUT2D eigenvalue weighted by molar-refractivity contribution is 6.30. The average molecular weight is 590 g/mol. The first-order valence-electron chi connectivity index (χ1n) is 12.8. The van der Waals surface area contributed by atoms with Gasteiger partial charge in [0.1, 0.15) is 24.2 Å². The fraction of sp³-hybridized carbons (Fsp3) is 0.357. The number of pyridine rings is 2. The van der Waals surface area contributed by atoms with Crippen molar-refractivity contribution in [1.82, 2.24) is 19.2 Å². The van der Waals surface area contributed by atoms with E-state index < -0.39 is 42.3 Å². The first-order chi connectivity index (χ1) is 19.4. The van der Waals surface area contributed by atoms with Gasteiger partial charge in [-0.3, -0.25) is 14.2 Å². The van der Waals surface area contributed by atoms with Gasteiger partial charge in [0, 0.05) is 48.1 Å². The lowest BCUT2D eigenvalue weighted by molar-refractivity contribution is -0.181. The van der Waals surface area contributed by atoms with Crippen LogP contribution in [-0.2, 0) is 16.0 Å². The Balaban J connectivity index is 1.56. The van der Waals surface area contributed by atoms with Crippen molar-refractivity contribution in [2.24, 2.45) is 5.92 Å². The van der Waals surface area contributed by atoms with Crippen LogP contribution in [0.1, 0.15) is 30.8 Å². The van der Waals surface area contributed by atoms with Crippen LogP contribution in [0.2, 0.25) is 5.02 Å². The number of halogens is 4. The fourth-order valence-corrected chi connectivity index (χ4v) is 5.03. The zero-order valence-corrected chi connectivity index (χ0v) is 23.2. The summed E-state index contributed by atoms with van der Waals surface area (Å²) >= 11 is 6.19. The Bertz CT molecular complexity index is 1670. The molecular formula is C28H27ClF3N5O4. The van der Waals surface area contributed by atoms with Crippen LogP contribution < -0.4 is 15.6 Å². The molecule has 1 aromatic carbocycles. The van der Waals surface area contributed by atoms with E-state index in [-0.39, 0.29) is 18.6 Å². The number of amides is 1. The number of anilines is 1. The Morgan fingerprint density at radius 3 is 2.76 bits per heavy atom. The molecule has 1 unspecified atom stereocenters. The second-order valence-electron chi connectivity index (χ2n) is 10.0. The summed E-state index contributed by atoms with van der Waals surface area (Å²) in [7, 11) is 1.48. The standard InChI is InChI=1S/C28H27ClF3N5O4/c1-15(40-3)8-23(27(39)34-20-6-7-37-25(11-20)33-16(2)35-37)36-13-24-22(12-26(36)38)21-10-19(29)5-4-17(21)9-18(14-41-24)28(30,31)32/h4-7,10-13,15,18,23H,8-9,14H2,1-3H3,(H,34,39)/t15-,18+,23?/m0/s1. The number of fused-ring (bicyclic) bond motifs is 4. The fourth-order valence-electron chi connectivity index (χ4n) is 4.85. The number of nitrogens with zero attached hydrogens (tertiary/aromatic N) is 4. The molecule has 3 aromatic heterocycles. The number of carbonyl (C=O) groups is 1. The minimum absolute atomic E-state index is 0.0327. The monoisotopic (exact) mass is 589 g/mol. The van der Waals surface area contributed by atoms with Gasteiger partial charge in [-0.25, -0.2) is 9.50 Å². The maximum Gasteiger partial charge on any atom is 0.395 e. The Labute approximate surface area is 237 Å². The summed E-state index contributed by atoms with van der Waals surface area (Å²) in [5, 5.41) is 7.32. The van der Waals surface area contributed by atoms with Crippen molar-refractivity contribution >= 4 is 28.8 Å². The maximum atomic E-state index is 13.8. The molecule has 216 valence electrons. The van der Waals surface area contributed by atoms with Crippen LogP contribution in [0.3, 0.4) is 0 Å². The molecule has 1 aliphatic heterocycles. The third-order valence-corrected chi connectivity index (χ3v) is 7.32. The Kier molecular flexibility index (Phi) is 7.80. The Hall–Kier alpha value is -3.90. The van der Waals surface area contributed by atoms with E-state index >= 15 is 0 Å². The minimum Gasteiger partial charge on any atom is -0.491 e. The number of aromatic nitrogens is 4. The van der Waals surface area contributed by atoms with Gasteiger partial charge >= 0.3 is 6.18 Å². The molecule has 0 fully saturated rings. The quantitative estimate of drug-likeness (QED) is 0.330. The van der Waals surface area contributed by atoms with Crippen LogP contribution in [0.4, 0.5) is 18.9 Å². The average Bonchev–Trinajstić information content (AvgIpc) is 3.28. The summed E-state index contributed by atoms with van der Waals surface area (Å²) in [4.78, 5) is 31.4. The first-order valence-corrected chi connectivity index (χ1v) is 13.2. The highest BCUT2D eigenvalue weighted by atomic mass is 35.5. The molecule has 1 N–H and O–H groups in total. The molecule has 0 saturated carbocycles. The number of carbonyl (C=O) groups excluding carboxylic acids is 1. The highest BCUT2D eigenvalue weighted by Gasteiger charge is 2.41. The summed E-state index contributed by atoms with van der Waals surface area (Å²) in [6, 6.07) is 8.02. The zero-order chi connectivity index (χ0) is 29.5. The molecule has 0 aliphatic carbocycles. The number of aryl methyl sites for hydroxylation is 1. The smallest absolute Gasteiger partial charge is 0.395 e. The second-order valence-corrected chi connectivity index (χ2v) is 10.5. The highest BCUT2D eigenvalue weighted by Crippen LogP contribution is 2.40. The van der Waals surface area contributed by atoms with E-state index in [4.69, 9.17) is 21.1 Å². The van der Waals surface area contributed by atoms with Gasteiger partial charge in [0.05, 0.1) is 18.2 Å². The summed E-state index contributed by atoms with van der Waals surface area (Å²) in [5.41, 5.74) is 1.46. The number of hydrogen-bond acceptors (Lipinski definition) is 6. The summed E-state index contributed by atoms with van der Waals surface area (Å²) in [6.45, 7) is 2.83. The number of benzene rings is 1. The molecule has 1 amide bonds. The van der Waals surface area contributed by atoms with E-state index in [2.05, 4.69) is 15.4 Å². The molecule has 0 spiro atoms. The Morgan fingerprint density at radius 1 is 1.24 bits per heavy atom. The second kappa shape index (κ2) is 11.2. The molecule has 3 atom stereocenters. The largest absolute Gasteiger partial charge is 0.491 e. The molecule has 5 rings (SSSR count). The van der Waals surface area contributed by atoms with E-state index in [1.54, 1.807) is 36.7 Å². The lowest BCUT2D eigenvalue weighted by Crippen LogP contribution is -2.36. The molecule has 1 aliphatic rings. The van der Waals surface area contributed by atoms with E-state index in [1.807, 2.05) is 0 Å². The lowest BCUT2D eigenvalue weighted by Gasteiger charge is -2.28. The summed E-state index contributed by atoms with van der Waals surface area (Å²) in [6.07, 6.45) is -2.24. The molecule has 0 saturated heterocycles. The SMILES string of the molecule is CO[C@@H](C)CC(C(=O)Nc1ccn2nc(C)nc2c1)n1cc2c(cc1=O)-c1cc(Cl)ccc1C[C@@H](C(F)(F)F)CO2. The molecule has 4 aromatic rings. The van der Waals surface area contributed by atoms with Crippen LogP contribution in [0.25, 0.3) is 16.8 Å². The number of rotatable bonds is 6. The molecule has 0 radical (unpaired) electrons. The van der Waals surface area contributed by atoms with Gasteiger partial charge in [0.2, 0.25) is 5.91 Å². The minimum atomic E-state index is -4.51. The van der Waals surface area contributed by atoms with Gasteiger partial charge in [0.25, 0.3) is 5.56 Å². The number of hydrogen-bond donors (Lipinski definition) is 1. The van der Waals surface area contributed by atoms with Crippen molar-refractivity contribution in [3.8, 4) is 16.9 Å². The Morgan fingerprint density at radius 2 is 2.02 bits per heavy atom. The van der Waals surface area contributed by atoms with E-state index in [0.29, 0.717) is 38.9 Å². The molecule has 4 heterocycles. The first kappa shape index (κ1) is 28.6. The van der Waals surface area contributed by atoms with Crippen molar-refractivity contribution in [3.63, 3.8) is 0 Å². The maximum absolute atomic E-state index is 13.8. The van der Waals surface area contributed by atoms with Crippen LogP contribution in [0.15, 0.2) is 53.6 Å². The molecular weight excluding hydrogens is 563 g/mol. The summed E-state index contributed by atoms with van der Waals surface area (Å²) < 4.78 is 55.3. The van der Waals surface area contributed by atoms with Gasteiger partial charge in [-0.1, -0.05) is 17.7 Å². The van der Waals surface area contributed by atoms with Crippen molar-refractivity contribution in [3.05, 3.63) is 75.6 Å². The van der Waals surface area contributed by atoms with E-state index in [0.717, 1.165) is 4.57 Å². The van der Waals surface area contributed by atoms with Crippen molar-refractivity contribution in [2.75, 3.05) is 19.0 Å². The van der Waals surface area contributed by atoms with Crippen LogP contribution in [-0.4, -0.2) is 51.1 Å². The molecule has 13 heteroatoms. The van der Waals surface area contributed by atoms with Crippen LogP contribution in [0.5, 0.6) is 5.75 Å². The number of ether oxygens (including phenoxy) is 2. The van der Waals surface area contributed by atoms with Gasteiger partial charge in [-0.2, -0.15) is 18.3 Å². The normalized spacial score (nSPS) is 16.6. The topological polar surface area (TPSA) is 99.7 Å². The third-order valence-electron chi connectivity index (χ3n) is 7.08. The summed E-state index contributed by atoms with van der Waals surface area (Å²) in [5.74, 6) is -1.72. The van der Waals surface area contributed by atoms with E-state index in [1.165, 1.54) is 37.6 Å². The molecule has 9 nitrogen and oxygen atoms in total. The van der Waals surface area contributed by atoms with Crippen molar-refractivity contribution in [1.29, 1.82) is 0 Å². The number of methoxy groups -OCH3 is 1. The van der Waals surface area contributed by atoms with Gasteiger partial charge in [0.15, 0.2) is 5.65 Å². The van der Waals surface area contributed by atoms with Gasteiger partial charge < -0.3 is 14.8 Å². The number of nitrogens with one attached hydrogen (secondary N) is 1. The molecule has 0 bridgehead atoms. The van der Waals surface area contributed by atoms with E-state index in [9.17, 15) is 22.8 Å². The van der Waals surface area contributed by atoms with Crippen LogP contribution in [0, 0.1) is 12.8 Å². The predicted octanol–water partition coefficient (Wildman–Crippen LogP) is 5.24. The van der Waals surface area contributed by atoms with Gasteiger partial charge in [-0.05, 0) is 49.6 Å². The van der Waals surface area contributed by atoms with Crippen molar-refractivity contribution in [2.45, 2.75) is 45.0 Å². The predicted molar refractivity (Wildman–Crippen MR) is 146 cm³/mol. The number of alkyl halides is 3. The molecule has 41 heavy (non-hydrogen) atoms. The van der Waals surface area contributed by atoms with Crippen LogP contribution >= 0.6 is 11.6 Å².